The summed E-state index contributed by atoms with van der Waals surface area (Å²) in [5, 5.41) is 3.08. The van der Waals surface area contributed by atoms with E-state index in [2.05, 4.69) is 10.2 Å². The maximum absolute atomic E-state index is 13.3. The van der Waals surface area contributed by atoms with Crippen LogP contribution >= 0.6 is 0 Å². The zero-order chi connectivity index (χ0) is 16.3. The lowest BCUT2D eigenvalue weighted by molar-refractivity contribution is -0.138. The second-order valence-electron chi connectivity index (χ2n) is 5.63. The number of rotatable bonds is 6. The van der Waals surface area contributed by atoms with Crippen LogP contribution in [0, 0.1) is 0 Å². The van der Waals surface area contributed by atoms with E-state index in [0.29, 0.717) is 5.56 Å². The molecule has 21 heavy (non-hydrogen) atoms. The molecule has 1 rings (SSSR count). The minimum atomic E-state index is -4.34. The molecule has 2 nitrogen and oxygen atoms in total. The van der Waals surface area contributed by atoms with Gasteiger partial charge in [-0.2, -0.15) is 13.2 Å². The second kappa shape index (κ2) is 6.79. The molecular formula is C16H25F3N2. The molecule has 0 aliphatic rings. The summed E-state index contributed by atoms with van der Waals surface area (Å²) < 4.78 is 39.8. The van der Waals surface area contributed by atoms with Gasteiger partial charge in [-0.05, 0) is 45.6 Å². The van der Waals surface area contributed by atoms with Gasteiger partial charge in [0.25, 0.3) is 0 Å². The summed E-state index contributed by atoms with van der Waals surface area (Å²) in [4.78, 5) is 2.17. The van der Waals surface area contributed by atoms with E-state index in [0.717, 1.165) is 19.2 Å². The van der Waals surface area contributed by atoms with Crippen LogP contribution in [0.15, 0.2) is 24.3 Å². The molecule has 1 unspecified atom stereocenters. The third-order valence-electron chi connectivity index (χ3n) is 4.15. The smallest absolute Gasteiger partial charge is 0.311 e. The molecular weight excluding hydrogens is 277 g/mol. The van der Waals surface area contributed by atoms with Crippen LogP contribution in [-0.4, -0.2) is 30.6 Å². The molecule has 1 N–H and O–H groups in total. The number of alkyl halides is 3. The molecule has 1 atom stereocenters. The van der Waals surface area contributed by atoms with Crippen molar-refractivity contribution < 1.29 is 13.2 Å². The van der Waals surface area contributed by atoms with E-state index in [-0.39, 0.29) is 0 Å². The predicted octanol–water partition coefficient (Wildman–Crippen LogP) is 4.09. The van der Waals surface area contributed by atoms with Gasteiger partial charge in [0.1, 0.15) is 0 Å². The molecule has 0 aliphatic heterocycles. The van der Waals surface area contributed by atoms with Crippen molar-refractivity contribution in [2.75, 3.05) is 20.1 Å². The summed E-state index contributed by atoms with van der Waals surface area (Å²) in [6.07, 6.45) is -4.34. The Morgan fingerprint density at radius 2 is 1.62 bits per heavy atom. The van der Waals surface area contributed by atoms with Gasteiger partial charge >= 0.3 is 6.18 Å². The quantitative estimate of drug-likeness (QED) is 0.851. The molecule has 0 aromatic heterocycles. The zero-order valence-electron chi connectivity index (χ0n) is 13.4. The third kappa shape index (κ3) is 3.77. The van der Waals surface area contributed by atoms with Crippen LogP contribution in [0.3, 0.4) is 0 Å². The minimum Gasteiger partial charge on any atom is -0.311 e. The van der Waals surface area contributed by atoms with Crippen LogP contribution in [-0.2, 0) is 6.18 Å². The van der Waals surface area contributed by atoms with E-state index in [1.165, 1.54) is 6.07 Å². The first kappa shape index (κ1) is 18.0. The highest BCUT2D eigenvalue weighted by Crippen LogP contribution is 2.39. The topological polar surface area (TPSA) is 15.3 Å². The molecule has 0 saturated carbocycles. The van der Waals surface area contributed by atoms with E-state index in [4.69, 9.17) is 0 Å². The van der Waals surface area contributed by atoms with Gasteiger partial charge in [0.05, 0.1) is 11.6 Å². The largest absolute Gasteiger partial charge is 0.416 e. The molecule has 0 saturated heterocycles. The number of halogens is 3. The number of nitrogens with zero attached hydrogens (tertiary/aromatic N) is 1. The summed E-state index contributed by atoms with van der Waals surface area (Å²) >= 11 is 0. The Kier molecular flexibility index (Phi) is 5.82. The Labute approximate surface area is 125 Å². The van der Waals surface area contributed by atoms with E-state index in [1.807, 2.05) is 27.7 Å². The Bertz CT molecular complexity index is 451. The first-order valence-corrected chi connectivity index (χ1v) is 7.28. The van der Waals surface area contributed by atoms with Gasteiger partial charge in [0.2, 0.25) is 0 Å². The summed E-state index contributed by atoms with van der Waals surface area (Å²) in [5.41, 5.74) is -0.700. The van der Waals surface area contributed by atoms with E-state index >= 15 is 0 Å². The van der Waals surface area contributed by atoms with Gasteiger partial charge in [-0.1, -0.05) is 32.0 Å². The Hall–Kier alpha value is -1.07. The van der Waals surface area contributed by atoms with Crippen LogP contribution in [0.2, 0.25) is 0 Å². The lowest BCUT2D eigenvalue weighted by Crippen LogP contribution is -2.52. The summed E-state index contributed by atoms with van der Waals surface area (Å²) in [6, 6.07) is 5.40. The zero-order valence-corrected chi connectivity index (χ0v) is 13.4. The van der Waals surface area contributed by atoms with Crippen LogP contribution in [0.1, 0.15) is 44.9 Å². The molecule has 0 amide bonds. The average Bonchev–Trinajstić information content (AvgIpc) is 2.39. The van der Waals surface area contributed by atoms with E-state index < -0.39 is 23.3 Å². The Balaban J connectivity index is 3.35. The highest BCUT2D eigenvalue weighted by molar-refractivity contribution is 5.34. The van der Waals surface area contributed by atoms with Crippen molar-refractivity contribution in [3.63, 3.8) is 0 Å². The standard InChI is InChI=1S/C16H25F3N2/c1-6-21(7-2)15(3,4)14(20-5)12-10-8-9-11-13(12)16(17,18)19/h8-11,14,20H,6-7H2,1-5H3. The molecule has 0 aliphatic carbocycles. The molecule has 0 heterocycles. The van der Waals surface area contributed by atoms with Gasteiger partial charge < -0.3 is 5.32 Å². The number of nitrogens with one attached hydrogen (secondary N) is 1. The molecule has 0 bridgehead atoms. The van der Waals surface area contributed by atoms with Crippen molar-refractivity contribution in [3.8, 4) is 0 Å². The normalized spacial score (nSPS) is 14.5. The van der Waals surface area contributed by atoms with Crippen molar-refractivity contribution in [3.05, 3.63) is 35.4 Å². The summed E-state index contributed by atoms with van der Waals surface area (Å²) in [5.74, 6) is 0. The number of benzene rings is 1. The van der Waals surface area contributed by atoms with E-state index in [1.54, 1.807) is 19.2 Å². The van der Waals surface area contributed by atoms with Crippen molar-refractivity contribution in [1.82, 2.24) is 10.2 Å². The second-order valence-corrected chi connectivity index (χ2v) is 5.63. The number of likely N-dealkylation sites (N-methyl/N-ethyl adjacent to an activating group) is 2. The Morgan fingerprint density at radius 3 is 2.05 bits per heavy atom. The molecule has 1 aromatic carbocycles. The molecule has 1 aromatic rings. The van der Waals surface area contributed by atoms with Crippen molar-refractivity contribution in [2.45, 2.75) is 45.5 Å². The lowest BCUT2D eigenvalue weighted by atomic mass is 9.84. The fourth-order valence-electron chi connectivity index (χ4n) is 3.12. The monoisotopic (exact) mass is 302 g/mol. The van der Waals surface area contributed by atoms with Crippen LogP contribution in [0.4, 0.5) is 13.2 Å². The van der Waals surface area contributed by atoms with Crippen LogP contribution < -0.4 is 5.32 Å². The first-order valence-electron chi connectivity index (χ1n) is 7.28. The highest BCUT2D eigenvalue weighted by Gasteiger charge is 2.40. The molecule has 5 heteroatoms. The summed E-state index contributed by atoms with van der Waals surface area (Å²) in [7, 11) is 1.71. The first-order chi connectivity index (χ1) is 9.70. The van der Waals surface area contributed by atoms with Gasteiger partial charge in [0, 0.05) is 5.54 Å². The maximum atomic E-state index is 13.3. The number of hydrogen-bond acceptors (Lipinski definition) is 2. The summed E-state index contributed by atoms with van der Waals surface area (Å²) in [6.45, 7) is 9.58. The van der Waals surface area contributed by atoms with Gasteiger partial charge in [-0.15, -0.1) is 0 Å². The third-order valence-corrected chi connectivity index (χ3v) is 4.15. The van der Waals surface area contributed by atoms with Gasteiger partial charge in [-0.25, -0.2) is 0 Å². The van der Waals surface area contributed by atoms with Gasteiger partial charge in [0.15, 0.2) is 0 Å². The van der Waals surface area contributed by atoms with Crippen molar-refractivity contribution >= 4 is 0 Å². The fourth-order valence-corrected chi connectivity index (χ4v) is 3.12. The maximum Gasteiger partial charge on any atom is 0.416 e. The van der Waals surface area contributed by atoms with Crippen LogP contribution in [0.25, 0.3) is 0 Å². The average molecular weight is 302 g/mol. The van der Waals surface area contributed by atoms with E-state index in [9.17, 15) is 13.2 Å². The minimum absolute atomic E-state index is 0.296. The van der Waals surface area contributed by atoms with Crippen molar-refractivity contribution in [1.29, 1.82) is 0 Å². The van der Waals surface area contributed by atoms with Crippen molar-refractivity contribution in [2.24, 2.45) is 0 Å². The molecule has 120 valence electrons. The SMILES string of the molecule is CCN(CC)C(C)(C)C(NC)c1ccccc1C(F)(F)F. The molecule has 0 fully saturated rings. The fraction of sp³-hybridized carbons (Fsp3) is 0.625. The molecule has 0 radical (unpaired) electrons. The lowest BCUT2D eigenvalue weighted by Gasteiger charge is -2.44. The number of hydrogen-bond donors (Lipinski definition) is 1. The predicted molar refractivity (Wildman–Crippen MR) is 80.2 cm³/mol. The Morgan fingerprint density at radius 1 is 1.10 bits per heavy atom. The molecule has 0 spiro atoms. The highest BCUT2D eigenvalue weighted by atomic mass is 19.4. The van der Waals surface area contributed by atoms with Crippen LogP contribution in [0.5, 0.6) is 0 Å². The van der Waals surface area contributed by atoms with Gasteiger partial charge in [-0.3, -0.25) is 4.90 Å².